The summed E-state index contributed by atoms with van der Waals surface area (Å²) in [5.41, 5.74) is 1.04. The van der Waals surface area contributed by atoms with Gasteiger partial charge in [0.1, 0.15) is 10.8 Å². The van der Waals surface area contributed by atoms with Gasteiger partial charge in [-0.25, -0.2) is 4.39 Å². The lowest BCUT2D eigenvalue weighted by Crippen LogP contribution is -2.48. The van der Waals surface area contributed by atoms with Crippen LogP contribution in [0.1, 0.15) is 24.4 Å². The normalized spacial score (nSPS) is 18.3. The van der Waals surface area contributed by atoms with Crippen LogP contribution in [0.5, 0.6) is 0 Å². The van der Waals surface area contributed by atoms with E-state index in [1.165, 1.54) is 12.1 Å². The first-order chi connectivity index (χ1) is 11.6. The van der Waals surface area contributed by atoms with Crippen LogP contribution in [0.4, 0.5) is 9.52 Å². The van der Waals surface area contributed by atoms with Gasteiger partial charge in [0, 0.05) is 31.6 Å². The van der Waals surface area contributed by atoms with Gasteiger partial charge in [-0.1, -0.05) is 23.5 Å². The van der Waals surface area contributed by atoms with Crippen molar-refractivity contribution in [3.05, 3.63) is 40.7 Å². The summed E-state index contributed by atoms with van der Waals surface area (Å²) >= 11 is 1.55. The first-order valence-corrected chi connectivity index (χ1v) is 9.08. The van der Waals surface area contributed by atoms with Gasteiger partial charge in [0.05, 0.1) is 13.2 Å². The molecule has 2 heterocycles. The minimum absolute atomic E-state index is 0.218. The SMILES string of the molecule is CC(Nc1nnc(Cc2ccc(F)cc2)s1)C(C)N1CCOCC1. The van der Waals surface area contributed by atoms with Gasteiger partial charge >= 0.3 is 0 Å². The molecule has 1 aliphatic rings. The Labute approximate surface area is 145 Å². The van der Waals surface area contributed by atoms with E-state index in [1.54, 1.807) is 23.5 Å². The molecule has 130 valence electrons. The quantitative estimate of drug-likeness (QED) is 0.868. The standard InChI is InChI=1S/C17H23FN4OS/c1-12(13(2)22-7-9-23-10-8-22)19-17-21-20-16(24-17)11-14-3-5-15(18)6-4-14/h3-6,12-13H,7-11H2,1-2H3,(H,19,21). The molecule has 5 nitrogen and oxygen atoms in total. The summed E-state index contributed by atoms with van der Waals surface area (Å²) in [6.07, 6.45) is 0.674. The fraction of sp³-hybridized carbons (Fsp3) is 0.529. The topological polar surface area (TPSA) is 50.3 Å². The van der Waals surface area contributed by atoms with Crippen LogP contribution < -0.4 is 5.32 Å². The number of benzene rings is 1. The third-order valence-corrected chi connectivity index (χ3v) is 5.29. The summed E-state index contributed by atoms with van der Waals surface area (Å²) in [5.74, 6) is -0.218. The van der Waals surface area contributed by atoms with Crippen molar-refractivity contribution in [3.63, 3.8) is 0 Å². The highest BCUT2D eigenvalue weighted by molar-refractivity contribution is 7.15. The Balaban J connectivity index is 1.55. The smallest absolute Gasteiger partial charge is 0.205 e. The lowest BCUT2D eigenvalue weighted by atomic mass is 10.1. The molecular formula is C17H23FN4OS. The van der Waals surface area contributed by atoms with Gasteiger partial charge in [0.15, 0.2) is 0 Å². The number of nitrogens with zero attached hydrogens (tertiary/aromatic N) is 3. The van der Waals surface area contributed by atoms with E-state index in [9.17, 15) is 4.39 Å². The highest BCUT2D eigenvalue weighted by atomic mass is 32.1. The summed E-state index contributed by atoms with van der Waals surface area (Å²) < 4.78 is 18.4. The summed E-state index contributed by atoms with van der Waals surface area (Å²) in [6.45, 7) is 7.94. The molecule has 2 unspecified atom stereocenters. The van der Waals surface area contributed by atoms with Crippen LogP contribution >= 0.6 is 11.3 Å². The van der Waals surface area contributed by atoms with Gasteiger partial charge in [-0.15, -0.1) is 10.2 Å². The first kappa shape index (κ1) is 17.3. The number of morpholine rings is 1. The Bertz CT molecular complexity index is 642. The monoisotopic (exact) mass is 350 g/mol. The number of anilines is 1. The Morgan fingerprint density at radius 3 is 2.62 bits per heavy atom. The molecule has 1 aromatic heterocycles. The van der Waals surface area contributed by atoms with Crippen molar-refractivity contribution < 1.29 is 9.13 Å². The van der Waals surface area contributed by atoms with E-state index in [2.05, 4.69) is 34.3 Å². The highest BCUT2D eigenvalue weighted by Gasteiger charge is 2.22. The average molecular weight is 350 g/mol. The van der Waals surface area contributed by atoms with E-state index >= 15 is 0 Å². The van der Waals surface area contributed by atoms with Crippen molar-refractivity contribution >= 4 is 16.5 Å². The largest absolute Gasteiger partial charge is 0.379 e. The first-order valence-electron chi connectivity index (χ1n) is 8.27. The van der Waals surface area contributed by atoms with E-state index in [1.807, 2.05) is 0 Å². The van der Waals surface area contributed by atoms with Crippen LogP contribution in [-0.4, -0.2) is 53.5 Å². The van der Waals surface area contributed by atoms with Gasteiger partial charge in [-0.2, -0.15) is 0 Å². The molecule has 0 saturated carbocycles. The fourth-order valence-electron chi connectivity index (χ4n) is 2.78. The Morgan fingerprint density at radius 2 is 1.92 bits per heavy atom. The molecule has 0 bridgehead atoms. The van der Waals surface area contributed by atoms with Crippen LogP contribution in [0, 0.1) is 5.82 Å². The molecule has 2 aromatic rings. The molecule has 1 saturated heterocycles. The number of halogens is 1. The zero-order valence-electron chi connectivity index (χ0n) is 14.0. The molecule has 2 atom stereocenters. The molecule has 0 radical (unpaired) electrons. The molecule has 1 fully saturated rings. The van der Waals surface area contributed by atoms with Crippen LogP contribution in [-0.2, 0) is 11.2 Å². The van der Waals surface area contributed by atoms with E-state index in [0.29, 0.717) is 12.5 Å². The van der Waals surface area contributed by atoms with Gasteiger partial charge in [-0.05, 0) is 31.5 Å². The minimum atomic E-state index is -0.218. The highest BCUT2D eigenvalue weighted by Crippen LogP contribution is 2.21. The predicted molar refractivity (Wildman–Crippen MR) is 94.1 cm³/mol. The van der Waals surface area contributed by atoms with Crippen molar-refractivity contribution in [2.75, 3.05) is 31.6 Å². The molecule has 24 heavy (non-hydrogen) atoms. The second kappa shape index (κ2) is 8.00. The van der Waals surface area contributed by atoms with Crippen molar-refractivity contribution in [1.29, 1.82) is 0 Å². The van der Waals surface area contributed by atoms with Gasteiger partial charge in [0.2, 0.25) is 5.13 Å². The fourth-order valence-corrected chi connectivity index (χ4v) is 3.65. The summed E-state index contributed by atoms with van der Waals surface area (Å²) in [7, 11) is 0. The molecule has 3 rings (SSSR count). The maximum Gasteiger partial charge on any atom is 0.205 e. The van der Waals surface area contributed by atoms with Gasteiger partial charge < -0.3 is 10.1 Å². The maximum atomic E-state index is 13.0. The lowest BCUT2D eigenvalue weighted by Gasteiger charge is -2.35. The van der Waals surface area contributed by atoms with Crippen molar-refractivity contribution in [1.82, 2.24) is 15.1 Å². The molecular weight excluding hydrogens is 327 g/mol. The second-order valence-electron chi connectivity index (χ2n) is 6.13. The molecule has 0 aliphatic carbocycles. The molecule has 1 N–H and O–H groups in total. The lowest BCUT2D eigenvalue weighted by molar-refractivity contribution is 0.0176. The van der Waals surface area contributed by atoms with Crippen molar-refractivity contribution in [2.24, 2.45) is 0 Å². The Morgan fingerprint density at radius 1 is 1.21 bits per heavy atom. The third kappa shape index (κ3) is 4.49. The second-order valence-corrected chi connectivity index (χ2v) is 7.19. The maximum absolute atomic E-state index is 13.0. The zero-order chi connectivity index (χ0) is 16.9. The molecule has 1 aromatic carbocycles. The summed E-state index contributed by atoms with van der Waals surface area (Å²) in [5, 5.41) is 13.7. The number of hydrogen-bond acceptors (Lipinski definition) is 6. The molecule has 0 spiro atoms. The van der Waals surface area contributed by atoms with E-state index in [-0.39, 0.29) is 11.9 Å². The third-order valence-electron chi connectivity index (χ3n) is 4.43. The van der Waals surface area contributed by atoms with E-state index < -0.39 is 0 Å². The number of aromatic nitrogens is 2. The van der Waals surface area contributed by atoms with Crippen LogP contribution in [0.25, 0.3) is 0 Å². The number of nitrogens with one attached hydrogen (secondary N) is 1. The zero-order valence-corrected chi connectivity index (χ0v) is 14.9. The van der Waals surface area contributed by atoms with E-state index in [0.717, 1.165) is 42.0 Å². The van der Waals surface area contributed by atoms with Crippen LogP contribution in [0.2, 0.25) is 0 Å². The number of ether oxygens (including phenoxy) is 1. The number of rotatable bonds is 6. The molecule has 7 heteroatoms. The van der Waals surface area contributed by atoms with Crippen molar-refractivity contribution in [3.8, 4) is 0 Å². The minimum Gasteiger partial charge on any atom is -0.379 e. The molecule has 0 amide bonds. The summed E-state index contributed by atoms with van der Waals surface area (Å²) in [6, 6.07) is 7.19. The summed E-state index contributed by atoms with van der Waals surface area (Å²) in [4.78, 5) is 2.43. The Hall–Kier alpha value is -1.57. The Kier molecular flexibility index (Phi) is 5.76. The van der Waals surface area contributed by atoms with Gasteiger partial charge in [-0.3, -0.25) is 4.90 Å². The van der Waals surface area contributed by atoms with Gasteiger partial charge in [0.25, 0.3) is 0 Å². The van der Waals surface area contributed by atoms with Crippen molar-refractivity contribution in [2.45, 2.75) is 32.4 Å². The van der Waals surface area contributed by atoms with Crippen LogP contribution in [0.3, 0.4) is 0 Å². The number of hydrogen-bond donors (Lipinski definition) is 1. The average Bonchev–Trinajstić information content (AvgIpc) is 3.04. The van der Waals surface area contributed by atoms with Crippen LogP contribution in [0.15, 0.2) is 24.3 Å². The predicted octanol–water partition coefficient (Wildman–Crippen LogP) is 2.79. The molecule has 1 aliphatic heterocycles. The van der Waals surface area contributed by atoms with E-state index in [4.69, 9.17) is 4.74 Å².